The Morgan fingerprint density at radius 3 is 2.79 bits per heavy atom. The van der Waals surface area contributed by atoms with Gasteiger partial charge in [0.05, 0.1) is 0 Å². The minimum absolute atomic E-state index is 0.282. The quantitative estimate of drug-likeness (QED) is 0.481. The van der Waals surface area contributed by atoms with Gasteiger partial charge in [0.25, 0.3) is 0 Å². The normalized spacial score (nSPS) is 10.1. The highest BCUT2D eigenvalue weighted by atomic mass is 32.2. The van der Waals surface area contributed by atoms with Crippen LogP contribution in [0.3, 0.4) is 0 Å². The fourth-order valence-corrected chi connectivity index (χ4v) is 2.38. The molecule has 3 N–H and O–H groups in total. The number of hydrogen-bond donors (Lipinski definition) is 2. The summed E-state index contributed by atoms with van der Waals surface area (Å²) >= 11 is 1.64. The number of nitrogen functional groups attached to an aromatic ring is 1. The van der Waals surface area contributed by atoms with E-state index in [4.69, 9.17) is 5.73 Å². The highest BCUT2D eigenvalue weighted by Crippen LogP contribution is 2.23. The standard InChI is InChI=1S/C14H16N4S/c1-2-8-16-12-9-13(18-14(15)17-12)19-10-11-6-4-3-5-7-11/h2-7,9H,1,8,10H2,(H3,15,16,17,18). The van der Waals surface area contributed by atoms with Crippen molar-refractivity contribution >= 4 is 23.5 Å². The monoisotopic (exact) mass is 272 g/mol. The molecule has 0 fully saturated rings. The number of nitrogens with two attached hydrogens (primary N) is 1. The molecule has 0 saturated carbocycles. The van der Waals surface area contributed by atoms with E-state index < -0.39 is 0 Å². The van der Waals surface area contributed by atoms with Crippen molar-refractivity contribution in [2.75, 3.05) is 17.6 Å². The van der Waals surface area contributed by atoms with Crippen molar-refractivity contribution in [2.24, 2.45) is 0 Å². The summed E-state index contributed by atoms with van der Waals surface area (Å²) in [6.45, 7) is 4.31. The predicted octanol–water partition coefficient (Wildman–Crippen LogP) is 2.95. The third-order valence-electron chi connectivity index (χ3n) is 2.38. The lowest BCUT2D eigenvalue weighted by atomic mass is 10.2. The van der Waals surface area contributed by atoms with Crippen molar-refractivity contribution < 1.29 is 0 Å². The molecule has 0 bridgehead atoms. The van der Waals surface area contributed by atoms with Crippen LogP contribution in [0.25, 0.3) is 0 Å². The maximum atomic E-state index is 5.70. The van der Waals surface area contributed by atoms with Crippen LogP contribution in [0.4, 0.5) is 11.8 Å². The summed E-state index contributed by atoms with van der Waals surface area (Å²) in [4.78, 5) is 8.34. The lowest BCUT2D eigenvalue weighted by Gasteiger charge is -2.06. The molecule has 0 atom stereocenters. The van der Waals surface area contributed by atoms with E-state index in [-0.39, 0.29) is 5.95 Å². The molecule has 0 amide bonds. The zero-order valence-electron chi connectivity index (χ0n) is 10.5. The molecule has 19 heavy (non-hydrogen) atoms. The number of anilines is 2. The molecule has 0 spiro atoms. The Morgan fingerprint density at radius 1 is 1.26 bits per heavy atom. The number of thioether (sulfide) groups is 1. The SMILES string of the molecule is C=CCNc1cc(SCc2ccccc2)nc(N)n1. The van der Waals surface area contributed by atoms with E-state index in [0.29, 0.717) is 6.54 Å². The minimum Gasteiger partial charge on any atom is -0.368 e. The first kappa shape index (κ1) is 13.4. The van der Waals surface area contributed by atoms with Crippen LogP contribution in [0, 0.1) is 0 Å². The van der Waals surface area contributed by atoms with E-state index in [1.165, 1.54) is 5.56 Å². The summed E-state index contributed by atoms with van der Waals surface area (Å²) < 4.78 is 0. The van der Waals surface area contributed by atoms with Crippen molar-refractivity contribution in [1.29, 1.82) is 0 Å². The van der Waals surface area contributed by atoms with Gasteiger partial charge in [0.1, 0.15) is 10.8 Å². The summed E-state index contributed by atoms with van der Waals surface area (Å²) in [5.74, 6) is 1.87. The number of aromatic nitrogens is 2. The van der Waals surface area contributed by atoms with Gasteiger partial charge >= 0.3 is 0 Å². The van der Waals surface area contributed by atoms with Gasteiger partial charge in [0, 0.05) is 18.4 Å². The van der Waals surface area contributed by atoms with Crippen LogP contribution in [-0.4, -0.2) is 16.5 Å². The number of nitrogens with one attached hydrogen (secondary N) is 1. The Bertz CT molecular complexity index is 542. The van der Waals surface area contributed by atoms with Crippen molar-refractivity contribution in [3.8, 4) is 0 Å². The zero-order chi connectivity index (χ0) is 13.5. The number of nitrogens with zero attached hydrogens (tertiary/aromatic N) is 2. The summed E-state index contributed by atoms with van der Waals surface area (Å²) in [6, 6.07) is 12.1. The van der Waals surface area contributed by atoms with Crippen LogP contribution in [0.5, 0.6) is 0 Å². The molecule has 0 aliphatic heterocycles. The Balaban J connectivity index is 2.03. The minimum atomic E-state index is 0.282. The molecule has 0 radical (unpaired) electrons. The van der Waals surface area contributed by atoms with Crippen LogP contribution >= 0.6 is 11.8 Å². The number of rotatable bonds is 6. The second-order valence-electron chi connectivity index (χ2n) is 3.89. The van der Waals surface area contributed by atoms with Crippen LogP contribution in [-0.2, 0) is 5.75 Å². The lowest BCUT2D eigenvalue weighted by Crippen LogP contribution is -2.04. The average molecular weight is 272 g/mol. The topological polar surface area (TPSA) is 63.8 Å². The van der Waals surface area contributed by atoms with E-state index in [0.717, 1.165) is 16.6 Å². The van der Waals surface area contributed by atoms with Gasteiger partial charge in [-0.15, -0.1) is 18.3 Å². The fraction of sp³-hybridized carbons (Fsp3) is 0.143. The van der Waals surface area contributed by atoms with Gasteiger partial charge in [-0.1, -0.05) is 36.4 Å². The van der Waals surface area contributed by atoms with Crippen LogP contribution in [0.1, 0.15) is 5.56 Å². The van der Waals surface area contributed by atoms with E-state index >= 15 is 0 Å². The van der Waals surface area contributed by atoms with Crippen molar-refractivity contribution in [3.05, 3.63) is 54.6 Å². The molecule has 1 heterocycles. The van der Waals surface area contributed by atoms with Gasteiger partial charge < -0.3 is 11.1 Å². The van der Waals surface area contributed by atoms with Gasteiger partial charge in [0.2, 0.25) is 5.95 Å². The number of benzene rings is 1. The summed E-state index contributed by atoms with van der Waals surface area (Å²) in [5.41, 5.74) is 6.95. The Morgan fingerprint density at radius 2 is 2.05 bits per heavy atom. The molecule has 2 rings (SSSR count). The Kier molecular flexibility index (Phi) is 4.80. The Labute approximate surface area is 117 Å². The molecule has 0 saturated heterocycles. The molecule has 5 heteroatoms. The molecular weight excluding hydrogens is 256 g/mol. The van der Waals surface area contributed by atoms with Crippen LogP contribution < -0.4 is 11.1 Å². The highest BCUT2D eigenvalue weighted by Gasteiger charge is 2.03. The first-order chi connectivity index (χ1) is 9.28. The van der Waals surface area contributed by atoms with Gasteiger partial charge in [-0.2, -0.15) is 4.98 Å². The van der Waals surface area contributed by atoms with Gasteiger partial charge in [-0.3, -0.25) is 0 Å². The van der Waals surface area contributed by atoms with E-state index in [2.05, 4.69) is 34.0 Å². The molecule has 0 unspecified atom stereocenters. The van der Waals surface area contributed by atoms with Gasteiger partial charge in [-0.25, -0.2) is 4.98 Å². The third kappa shape index (κ3) is 4.30. The van der Waals surface area contributed by atoms with Crippen molar-refractivity contribution in [1.82, 2.24) is 9.97 Å². The van der Waals surface area contributed by atoms with Gasteiger partial charge in [0.15, 0.2) is 0 Å². The lowest BCUT2D eigenvalue weighted by molar-refractivity contribution is 1.05. The van der Waals surface area contributed by atoms with Gasteiger partial charge in [-0.05, 0) is 5.56 Å². The van der Waals surface area contributed by atoms with Crippen molar-refractivity contribution in [3.63, 3.8) is 0 Å². The molecule has 4 nitrogen and oxygen atoms in total. The summed E-state index contributed by atoms with van der Waals surface area (Å²) in [7, 11) is 0. The summed E-state index contributed by atoms with van der Waals surface area (Å²) in [5, 5.41) is 3.98. The molecule has 98 valence electrons. The first-order valence-electron chi connectivity index (χ1n) is 5.94. The third-order valence-corrected chi connectivity index (χ3v) is 3.36. The molecule has 0 aliphatic rings. The largest absolute Gasteiger partial charge is 0.368 e. The predicted molar refractivity (Wildman–Crippen MR) is 81.1 cm³/mol. The molecule has 0 aliphatic carbocycles. The molecule has 2 aromatic rings. The Hall–Kier alpha value is -2.01. The van der Waals surface area contributed by atoms with E-state index in [1.807, 2.05) is 24.3 Å². The average Bonchev–Trinajstić information content (AvgIpc) is 2.43. The van der Waals surface area contributed by atoms with Crippen LogP contribution in [0.15, 0.2) is 54.1 Å². The van der Waals surface area contributed by atoms with E-state index in [1.54, 1.807) is 17.8 Å². The highest BCUT2D eigenvalue weighted by molar-refractivity contribution is 7.98. The first-order valence-corrected chi connectivity index (χ1v) is 6.92. The maximum absolute atomic E-state index is 5.70. The number of hydrogen-bond acceptors (Lipinski definition) is 5. The molecular formula is C14H16N4S. The summed E-state index contributed by atoms with van der Waals surface area (Å²) in [6.07, 6.45) is 1.77. The van der Waals surface area contributed by atoms with Crippen molar-refractivity contribution in [2.45, 2.75) is 10.8 Å². The maximum Gasteiger partial charge on any atom is 0.223 e. The zero-order valence-corrected chi connectivity index (χ0v) is 11.4. The smallest absolute Gasteiger partial charge is 0.223 e. The second kappa shape index (κ2) is 6.80. The fourth-order valence-electron chi connectivity index (χ4n) is 1.52. The molecule has 1 aromatic carbocycles. The molecule has 1 aromatic heterocycles. The van der Waals surface area contributed by atoms with Crippen LogP contribution in [0.2, 0.25) is 0 Å². The second-order valence-corrected chi connectivity index (χ2v) is 4.89. The van der Waals surface area contributed by atoms with E-state index in [9.17, 15) is 0 Å².